The molecule has 0 saturated heterocycles. The van der Waals surface area contributed by atoms with Crippen LogP contribution in [0.3, 0.4) is 0 Å². The Labute approximate surface area is 115 Å². The van der Waals surface area contributed by atoms with Crippen molar-refractivity contribution < 1.29 is 18.7 Å². The molecule has 6 heteroatoms. The minimum Gasteiger partial charge on any atom is -0.480 e. The molecule has 0 unspecified atom stereocenters. The van der Waals surface area contributed by atoms with E-state index in [1.807, 2.05) is 0 Å². The quantitative estimate of drug-likeness (QED) is 0.633. The lowest BCUT2D eigenvalue weighted by Crippen LogP contribution is -2.08. The molecule has 2 aromatic rings. The lowest BCUT2D eigenvalue weighted by molar-refractivity contribution is -0.136. The Morgan fingerprint density at radius 1 is 1.45 bits per heavy atom. The van der Waals surface area contributed by atoms with Crippen molar-refractivity contribution in [2.24, 2.45) is 0 Å². The first-order valence-corrected chi connectivity index (χ1v) is 5.94. The second-order valence-electron chi connectivity index (χ2n) is 3.90. The van der Waals surface area contributed by atoms with E-state index in [4.69, 9.17) is 9.47 Å². The fourth-order valence-corrected chi connectivity index (χ4v) is 1.74. The molecule has 0 fully saturated rings. The number of hydrogen-bond donors (Lipinski definition) is 0. The summed E-state index contributed by atoms with van der Waals surface area (Å²) in [4.78, 5) is 19.9. The third kappa shape index (κ3) is 2.45. The third-order valence-electron chi connectivity index (χ3n) is 2.67. The van der Waals surface area contributed by atoms with Crippen LogP contribution in [0.2, 0.25) is 0 Å². The first-order valence-electron chi connectivity index (χ1n) is 5.94. The van der Waals surface area contributed by atoms with Gasteiger partial charge >= 0.3 is 5.97 Å². The summed E-state index contributed by atoms with van der Waals surface area (Å²) in [5.74, 6) is -1.08. The topological polar surface area (TPSA) is 61.3 Å². The van der Waals surface area contributed by atoms with Gasteiger partial charge in [0.05, 0.1) is 36.6 Å². The number of fused-ring (bicyclic) bond motifs is 1. The van der Waals surface area contributed by atoms with E-state index in [0.717, 1.165) is 0 Å². The molecule has 0 atom stereocenters. The van der Waals surface area contributed by atoms with E-state index in [9.17, 15) is 9.18 Å². The van der Waals surface area contributed by atoms with Crippen molar-refractivity contribution in [3.63, 3.8) is 0 Å². The standard InChI is InChI=1S/C14H13FN2O3/c1-4-20-14(18)8(2)12-9(15)5-6-10-13(12)17-11(19-3)7-16-10/h5-7H,2,4H2,1,3H3. The Morgan fingerprint density at radius 2 is 2.20 bits per heavy atom. The molecule has 0 N–H and O–H groups in total. The number of esters is 1. The highest BCUT2D eigenvalue weighted by Crippen LogP contribution is 2.26. The summed E-state index contributed by atoms with van der Waals surface area (Å²) in [7, 11) is 1.43. The van der Waals surface area contributed by atoms with E-state index >= 15 is 0 Å². The number of nitrogens with zero attached hydrogens (tertiary/aromatic N) is 2. The van der Waals surface area contributed by atoms with E-state index in [2.05, 4.69) is 16.5 Å². The Morgan fingerprint density at radius 3 is 2.85 bits per heavy atom. The molecule has 1 aromatic carbocycles. The largest absolute Gasteiger partial charge is 0.480 e. The van der Waals surface area contributed by atoms with Gasteiger partial charge in [-0.3, -0.25) is 0 Å². The van der Waals surface area contributed by atoms with Crippen LogP contribution >= 0.6 is 0 Å². The number of benzene rings is 1. The second-order valence-corrected chi connectivity index (χ2v) is 3.90. The number of carbonyl (C=O) groups is 1. The lowest BCUT2D eigenvalue weighted by Gasteiger charge is -2.10. The summed E-state index contributed by atoms with van der Waals surface area (Å²) in [6.07, 6.45) is 1.41. The molecule has 5 nitrogen and oxygen atoms in total. The molecule has 0 amide bonds. The van der Waals surface area contributed by atoms with Crippen LogP contribution in [-0.2, 0) is 9.53 Å². The highest BCUT2D eigenvalue weighted by Gasteiger charge is 2.19. The molecule has 2 rings (SSSR count). The molecular formula is C14H13FN2O3. The Hall–Kier alpha value is -2.50. The van der Waals surface area contributed by atoms with Gasteiger partial charge in [-0.05, 0) is 19.1 Å². The van der Waals surface area contributed by atoms with Crippen LogP contribution in [-0.4, -0.2) is 29.7 Å². The molecule has 0 aliphatic rings. The number of halogens is 1. The van der Waals surface area contributed by atoms with Gasteiger partial charge in [0, 0.05) is 0 Å². The second kappa shape index (κ2) is 5.64. The van der Waals surface area contributed by atoms with Crippen molar-refractivity contribution in [1.29, 1.82) is 0 Å². The molecule has 0 radical (unpaired) electrons. The van der Waals surface area contributed by atoms with Crippen molar-refractivity contribution in [3.8, 4) is 5.88 Å². The number of carbonyl (C=O) groups excluding carboxylic acids is 1. The maximum atomic E-state index is 14.0. The molecule has 20 heavy (non-hydrogen) atoms. The fourth-order valence-electron chi connectivity index (χ4n) is 1.74. The molecule has 0 saturated carbocycles. The molecule has 1 heterocycles. The van der Waals surface area contributed by atoms with Crippen LogP contribution in [0.5, 0.6) is 5.88 Å². The molecule has 0 bridgehead atoms. The zero-order valence-corrected chi connectivity index (χ0v) is 11.1. The average molecular weight is 276 g/mol. The summed E-state index contributed by atoms with van der Waals surface area (Å²) in [5, 5.41) is 0. The normalized spacial score (nSPS) is 10.3. The number of methoxy groups -OCH3 is 1. The van der Waals surface area contributed by atoms with Gasteiger partial charge in [0.15, 0.2) is 0 Å². The first-order chi connectivity index (χ1) is 9.58. The number of ether oxygens (including phenoxy) is 2. The van der Waals surface area contributed by atoms with E-state index in [-0.39, 0.29) is 29.1 Å². The van der Waals surface area contributed by atoms with E-state index < -0.39 is 11.8 Å². The van der Waals surface area contributed by atoms with Gasteiger partial charge in [-0.2, -0.15) is 0 Å². The molecule has 0 spiro atoms. The maximum Gasteiger partial charge on any atom is 0.338 e. The summed E-state index contributed by atoms with van der Waals surface area (Å²) in [6, 6.07) is 2.68. The Balaban J connectivity index is 2.63. The van der Waals surface area contributed by atoms with Crippen molar-refractivity contribution in [1.82, 2.24) is 9.97 Å². The smallest absolute Gasteiger partial charge is 0.338 e. The van der Waals surface area contributed by atoms with E-state index in [1.165, 1.54) is 25.4 Å². The molecule has 1 aromatic heterocycles. The minimum absolute atomic E-state index is 0.0210. The summed E-state index contributed by atoms with van der Waals surface area (Å²) < 4.78 is 23.8. The van der Waals surface area contributed by atoms with Crippen LogP contribution in [0, 0.1) is 5.82 Å². The minimum atomic E-state index is -0.691. The molecule has 104 valence electrons. The predicted molar refractivity (Wildman–Crippen MR) is 71.7 cm³/mol. The highest BCUT2D eigenvalue weighted by molar-refractivity contribution is 6.18. The van der Waals surface area contributed by atoms with Crippen LogP contribution < -0.4 is 4.74 Å². The zero-order chi connectivity index (χ0) is 14.7. The van der Waals surface area contributed by atoms with Gasteiger partial charge in [0.1, 0.15) is 11.3 Å². The van der Waals surface area contributed by atoms with Crippen LogP contribution in [0.15, 0.2) is 24.9 Å². The molecular weight excluding hydrogens is 263 g/mol. The maximum absolute atomic E-state index is 14.0. The van der Waals surface area contributed by atoms with Crippen LogP contribution in [0.1, 0.15) is 12.5 Å². The van der Waals surface area contributed by atoms with Crippen molar-refractivity contribution in [3.05, 3.63) is 36.3 Å². The fraction of sp³-hybridized carbons (Fsp3) is 0.214. The monoisotopic (exact) mass is 276 g/mol. The van der Waals surface area contributed by atoms with E-state index in [1.54, 1.807) is 6.92 Å². The number of rotatable bonds is 4. The number of hydrogen-bond acceptors (Lipinski definition) is 5. The van der Waals surface area contributed by atoms with Crippen LogP contribution in [0.4, 0.5) is 4.39 Å². The molecule has 0 aliphatic carbocycles. The Bertz CT molecular complexity index is 685. The van der Waals surface area contributed by atoms with Crippen molar-refractivity contribution in [2.75, 3.05) is 13.7 Å². The third-order valence-corrected chi connectivity index (χ3v) is 2.67. The number of aromatic nitrogens is 2. The average Bonchev–Trinajstić information content (AvgIpc) is 2.46. The van der Waals surface area contributed by atoms with Crippen LogP contribution in [0.25, 0.3) is 16.6 Å². The van der Waals surface area contributed by atoms with Gasteiger partial charge in [-0.25, -0.2) is 19.2 Å². The van der Waals surface area contributed by atoms with Gasteiger partial charge in [-0.1, -0.05) is 6.58 Å². The zero-order valence-electron chi connectivity index (χ0n) is 11.1. The van der Waals surface area contributed by atoms with Gasteiger partial charge in [-0.15, -0.1) is 0 Å². The van der Waals surface area contributed by atoms with Gasteiger partial charge in [0.25, 0.3) is 0 Å². The Kier molecular flexibility index (Phi) is 3.93. The van der Waals surface area contributed by atoms with Crippen molar-refractivity contribution >= 4 is 22.6 Å². The van der Waals surface area contributed by atoms with Gasteiger partial charge < -0.3 is 9.47 Å². The predicted octanol–water partition coefficient (Wildman–Crippen LogP) is 2.35. The summed E-state index contributed by atoms with van der Waals surface area (Å²) in [6.45, 7) is 5.43. The SMILES string of the molecule is C=C(C(=O)OCC)c1c(F)ccc2ncc(OC)nc12. The lowest BCUT2D eigenvalue weighted by atomic mass is 10.0. The van der Waals surface area contributed by atoms with E-state index in [0.29, 0.717) is 5.52 Å². The highest BCUT2D eigenvalue weighted by atomic mass is 19.1. The first kappa shape index (κ1) is 13.9. The summed E-state index contributed by atoms with van der Waals surface area (Å²) >= 11 is 0. The van der Waals surface area contributed by atoms with Crippen molar-refractivity contribution in [2.45, 2.75) is 6.92 Å². The van der Waals surface area contributed by atoms with Gasteiger partial charge in [0.2, 0.25) is 5.88 Å². The summed E-state index contributed by atoms with van der Waals surface area (Å²) in [5.41, 5.74) is 0.528. The molecule has 0 aliphatic heterocycles.